The van der Waals surface area contributed by atoms with Crippen LogP contribution in [0.1, 0.15) is 12.0 Å². The fraction of sp³-hybridized carbons (Fsp3) is 0.160. The molecule has 2 aromatic carbocycles. The maximum Gasteiger partial charge on any atom is 0.228 e. The van der Waals surface area contributed by atoms with Crippen LogP contribution in [0.2, 0.25) is 10.0 Å². The summed E-state index contributed by atoms with van der Waals surface area (Å²) in [5, 5.41) is 20.6. The maximum absolute atomic E-state index is 12.3. The van der Waals surface area contributed by atoms with Crippen LogP contribution in [-0.2, 0) is 4.79 Å². The number of aromatic nitrogens is 4. The van der Waals surface area contributed by atoms with Gasteiger partial charge in [-0.2, -0.15) is 10.4 Å². The number of nitriles is 1. The van der Waals surface area contributed by atoms with E-state index in [-0.39, 0.29) is 5.91 Å². The van der Waals surface area contributed by atoms with Crippen LogP contribution in [0.3, 0.4) is 0 Å². The van der Waals surface area contributed by atoms with E-state index < -0.39 is 0 Å². The number of halogens is 2. The van der Waals surface area contributed by atoms with Crippen LogP contribution in [0.25, 0.3) is 16.9 Å². The molecule has 1 aliphatic rings. The fourth-order valence-corrected chi connectivity index (χ4v) is 4.33. The van der Waals surface area contributed by atoms with Gasteiger partial charge in [0.25, 0.3) is 0 Å². The average Bonchev–Trinajstić information content (AvgIpc) is 3.27. The molecule has 1 amide bonds. The number of hydrogen-bond acceptors (Lipinski definition) is 7. The van der Waals surface area contributed by atoms with E-state index in [0.29, 0.717) is 58.0 Å². The number of anilines is 3. The Morgan fingerprint density at radius 1 is 1.06 bits per heavy atom. The first-order chi connectivity index (χ1) is 17.5. The van der Waals surface area contributed by atoms with Crippen molar-refractivity contribution in [2.45, 2.75) is 6.42 Å². The van der Waals surface area contributed by atoms with Crippen molar-refractivity contribution in [3.63, 3.8) is 0 Å². The molecule has 180 valence electrons. The molecule has 3 heterocycles. The zero-order valence-corrected chi connectivity index (χ0v) is 20.5. The van der Waals surface area contributed by atoms with Crippen molar-refractivity contribution in [2.24, 2.45) is 0 Å². The summed E-state index contributed by atoms with van der Waals surface area (Å²) in [4.78, 5) is 23.0. The molecule has 11 heteroatoms. The SMILES string of the molecule is N#Cc1ccc(-n2cc(-c3nc(Nc4ccc(N5CCNCCC5=O)cc4)ncc3Cl)cn2)c(Cl)c1. The molecule has 0 atom stereocenters. The molecular formula is C25H20Cl2N8O. The van der Waals surface area contributed by atoms with E-state index in [2.05, 4.69) is 31.8 Å². The molecule has 36 heavy (non-hydrogen) atoms. The molecule has 9 nitrogen and oxygen atoms in total. The number of carbonyl (C=O) groups is 1. The van der Waals surface area contributed by atoms with Crippen LogP contribution >= 0.6 is 23.2 Å². The Bertz CT molecular complexity index is 1460. The summed E-state index contributed by atoms with van der Waals surface area (Å²) in [7, 11) is 0. The zero-order chi connectivity index (χ0) is 25.1. The third-order valence-electron chi connectivity index (χ3n) is 5.69. The van der Waals surface area contributed by atoms with Gasteiger partial charge < -0.3 is 15.5 Å². The third kappa shape index (κ3) is 5.02. The van der Waals surface area contributed by atoms with Gasteiger partial charge in [0, 0.05) is 49.2 Å². The van der Waals surface area contributed by atoms with Crippen molar-refractivity contribution >= 4 is 46.4 Å². The van der Waals surface area contributed by atoms with Gasteiger partial charge in [-0.3, -0.25) is 4.79 Å². The van der Waals surface area contributed by atoms with Crippen molar-refractivity contribution < 1.29 is 4.79 Å². The molecular weight excluding hydrogens is 499 g/mol. The van der Waals surface area contributed by atoms with Crippen LogP contribution in [0.4, 0.5) is 17.3 Å². The Kier molecular flexibility index (Phi) is 6.82. The zero-order valence-electron chi connectivity index (χ0n) is 18.9. The van der Waals surface area contributed by atoms with Gasteiger partial charge in [0.15, 0.2) is 0 Å². The highest BCUT2D eigenvalue weighted by atomic mass is 35.5. The topological polar surface area (TPSA) is 112 Å². The molecule has 0 saturated carbocycles. The van der Waals surface area contributed by atoms with Crippen molar-refractivity contribution in [2.75, 3.05) is 29.9 Å². The molecule has 1 saturated heterocycles. The van der Waals surface area contributed by atoms with E-state index in [1.54, 1.807) is 40.2 Å². The van der Waals surface area contributed by atoms with Gasteiger partial charge in [0.1, 0.15) is 0 Å². The Morgan fingerprint density at radius 2 is 1.89 bits per heavy atom. The lowest BCUT2D eigenvalue weighted by Crippen LogP contribution is -2.32. The number of rotatable bonds is 5. The summed E-state index contributed by atoms with van der Waals surface area (Å²) in [6, 6.07) is 14.6. The lowest BCUT2D eigenvalue weighted by molar-refractivity contribution is -0.118. The number of nitrogens with zero attached hydrogens (tertiary/aromatic N) is 6. The normalized spacial score (nSPS) is 13.8. The van der Waals surface area contributed by atoms with E-state index in [1.807, 2.05) is 24.3 Å². The lowest BCUT2D eigenvalue weighted by atomic mass is 10.2. The Morgan fingerprint density at radius 3 is 2.67 bits per heavy atom. The maximum atomic E-state index is 12.3. The first-order valence-corrected chi connectivity index (χ1v) is 11.9. The minimum Gasteiger partial charge on any atom is -0.324 e. The molecule has 1 fully saturated rings. The molecule has 0 radical (unpaired) electrons. The fourth-order valence-electron chi connectivity index (χ4n) is 3.87. The number of benzene rings is 2. The largest absolute Gasteiger partial charge is 0.324 e. The molecule has 4 aromatic rings. The van der Waals surface area contributed by atoms with Crippen LogP contribution in [0, 0.1) is 11.3 Å². The summed E-state index contributed by atoms with van der Waals surface area (Å²) in [5.74, 6) is 0.468. The van der Waals surface area contributed by atoms with Gasteiger partial charge in [-0.15, -0.1) is 0 Å². The van der Waals surface area contributed by atoms with Gasteiger partial charge in [-0.25, -0.2) is 14.6 Å². The van der Waals surface area contributed by atoms with Gasteiger partial charge in [0.05, 0.1) is 45.5 Å². The molecule has 0 spiro atoms. The van der Waals surface area contributed by atoms with Gasteiger partial charge >= 0.3 is 0 Å². The smallest absolute Gasteiger partial charge is 0.228 e. The summed E-state index contributed by atoms with van der Waals surface area (Å²) in [6.45, 7) is 2.10. The molecule has 0 aliphatic carbocycles. The Hall–Kier alpha value is -3.97. The van der Waals surface area contributed by atoms with E-state index in [4.69, 9.17) is 28.5 Å². The minimum atomic E-state index is 0.106. The number of amides is 1. The van der Waals surface area contributed by atoms with Crippen LogP contribution in [-0.4, -0.2) is 45.3 Å². The third-order valence-corrected chi connectivity index (χ3v) is 6.27. The first kappa shape index (κ1) is 23.8. The highest BCUT2D eigenvalue weighted by Crippen LogP contribution is 2.29. The molecule has 0 unspecified atom stereocenters. The van der Waals surface area contributed by atoms with Crippen molar-refractivity contribution in [3.8, 4) is 23.0 Å². The summed E-state index contributed by atoms with van der Waals surface area (Å²) in [5.41, 5.74) is 3.89. The van der Waals surface area contributed by atoms with Crippen molar-refractivity contribution in [1.82, 2.24) is 25.1 Å². The van der Waals surface area contributed by atoms with Crippen LogP contribution in [0.15, 0.2) is 61.1 Å². The van der Waals surface area contributed by atoms with Gasteiger partial charge in [-0.05, 0) is 42.5 Å². The summed E-state index contributed by atoms with van der Waals surface area (Å²) >= 11 is 12.7. The lowest BCUT2D eigenvalue weighted by Gasteiger charge is -2.20. The second kappa shape index (κ2) is 10.3. The highest BCUT2D eigenvalue weighted by molar-refractivity contribution is 6.33. The standard InChI is InChI=1S/C25H20Cl2N8O/c26-20-11-16(12-28)1-6-22(20)35-15-17(13-31-35)24-21(27)14-30-25(33-24)32-18-2-4-19(5-3-18)34-10-9-29-8-7-23(34)36/h1-6,11,13-15,29H,7-10H2,(H,30,32,33). The van der Waals surface area contributed by atoms with E-state index in [1.165, 1.54) is 6.20 Å². The monoisotopic (exact) mass is 518 g/mol. The second-order valence-corrected chi connectivity index (χ2v) is 8.87. The highest BCUT2D eigenvalue weighted by Gasteiger charge is 2.18. The molecule has 2 aromatic heterocycles. The van der Waals surface area contributed by atoms with Crippen LogP contribution in [0.5, 0.6) is 0 Å². The van der Waals surface area contributed by atoms with E-state index in [9.17, 15) is 4.79 Å². The number of nitrogens with one attached hydrogen (secondary N) is 2. The Balaban J connectivity index is 1.35. The average molecular weight is 519 g/mol. The second-order valence-electron chi connectivity index (χ2n) is 8.06. The molecule has 1 aliphatic heterocycles. The molecule has 2 N–H and O–H groups in total. The Labute approximate surface area is 217 Å². The summed E-state index contributed by atoms with van der Waals surface area (Å²) < 4.78 is 1.60. The number of carbonyl (C=O) groups excluding carboxylic acids is 1. The summed E-state index contributed by atoms with van der Waals surface area (Å²) in [6.07, 6.45) is 5.40. The predicted molar refractivity (Wildman–Crippen MR) is 139 cm³/mol. The molecule has 0 bridgehead atoms. The van der Waals surface area contributed by atoms with Gasteiger partial charge in [-0.1, -0.05) is 23.2 Å². The predicted octanol–water partition coefficient (Wildman–Crippen LogP) is 4.58. The molecule has 5 rings (SSSR count). The van der Waals surface area contributed by atoms with Crippen molar-refractivity contribution in [1.29, 1.82) is 5.26 Å². The first-order valence-electron chi connectivity index (χ1n) is 11.2. The van der Waals surface area contributed by atoms with E-state index in [0.717, 1.165) is 17.9 Å². The quantitative estimate of drug-likeness (QED) is 0.397. The van der Waals surface area contributed by atoms with Gasteiger partial charge in [0.2, 0.25) is 11.9 Å². The van der Waals surface area contributed by atoms with Crippen LogP contribution < -0.4 is 15.5 Å². The number of hydrogen-bond donors (Lipinski definition) is 2. The minimum absolute atomic E-state index is 0.106. The van der Waals surface area contributed by atoms with E-state index >= 15 is 0 Å². The van der Waals surface area contributed by atoms with Crippen molar-refractivity contribution in [3.05, 3.63) is 76.7 Å².